The van der Waals surface area contributed by atoms with E-state index in [9.17, 15) is 9.59 Å². The second-order valence-electron chi connectivity index (χ2n) is 3.74. The molecule has 0 N–H and O–H groups in total. The first-order valence-electron chi connectivity index (χ1n) is 5.56. The van der Waals surface area contributed by atoms with Crippen LogP contribution in [-0.2, 0) is 28.5 Å². The first-order valence-corrected chi connectivity index (χ1v) is 5.56. The highest BCUT2D eigenvalue weighted by Gasteiger charge is 2.09. The molecule has 0 aromatic heterocycles. The predicted octanol–water partition coefficient (Wildman–Crippen LogP) is 0.699. The van der Waals surface area contributed by atoms with E-state index in [1.807, 2.05) is 0 Å². The molecule has 2 unspecified atom stereocenters. The monoisotopic (exact) mass is 260 g/mol. The SMILES string of the molecule is COCC(C)OC(=O)/C=C/C(=O)OC(C)COC. The van der Waals surface area contributed by atoms with Crippen LogP contribution in [0, 0.1) is 0 Å². The zero-order chi connectivity index (χ0) is 14.0. The molecule has 0 fully saturated rings. The lowest BCUT2D eigenvalue weighted by atomic mass is 10.4. The maximum Gasteiger partial charge on any atom is 0.331 e. The Labute approximate surface area is 107 Å². The van der Waals surface area contributed by atoms with Crippen molar-refractivity contribution >= 4 is 11.9 Å². The molecule has 0 aliphatic heterocycles. The topological polar surface area (TPSA) is 71.1 Å². The molecule has 2 atom stereocenters. The lowest BCUT2D eigenvalue weighted by Crippen LogP contribution is -2.20. The molecule has 6 nitrogen and oxygen atoms in total. The van der Waals surface area contributed by atoms with Crippen LogP contribution in [0.3, 0.4) is 0 Å². The molecule has 0 rings (SSSR count). The minimum absolute atomic E-state index is 0.300. The Morgan fingerprint density at radius 3 is 1.50 bits per heavy atom. The second-order valence-corrected chi connectivity index (χ2v) is 3.74. The van der Waals surface area contributed by atoms with Gasteiger partial charge in [-0.3, -0.25) is 0 Å². The van der Waals surface area contributed by atoms with Crippen LogP contribution in [0.2, 0.25) is 0 Å². The van der Waals surface area contributed by atoms with E-state index in [4.69, 9.17) is 18.9 Å². The van der Waals surface area contributed by atoms with Gasteiger partial charge in [-0.05, 0) is 13.8 Å². The maximum absolute atomic E-state index is 11.2. The Kier molecular flexibility index (Phi) is 8.86. The first kappa shape index (κ1) is 16.6. The van der Waals surface area contributed by atoms with Gasteiger partial charge in [0.05, 0.1) is 13.2 Å². The van der Waals surface area contributed by atoms with Crippen molar-refractivity contribution < 1.29 is 28.5 Å². The molecule has 0 bridgehead atoms. The molecule has 0 radical (unpaired) electrons. The van der Waals surface area contributed by atoms with E-state index >= 15 is 0 Å². The number of carbonyl (C=O) groups is 2. The molecule has 0 aromatic carbocycles. The minimum atomic E-state index is -0.615. The molecular weight excluding hydrogens is 240 g/mol. The Hall–Kier alpha value is -1.40. The van der Waals surface area contributed by atoms with E-state index in [1.165, 1.54) is 14.2 Å². The Morgan fingerprint density at radius 1 is 0.889 bits per heavy atom. The van der Waals surface area contributed by atoms with Crippen LogP contribution in [0.4, 0.5) is 0 Å². The maximum atomic E-state index is 11.2. The quantitative estimate of drug-likeness (QED) is 0.472. The fraction of sp³-hybridized carbons (Fsp3) is 0.667. The lowest BCUT2D eigenvalue weighted by Gasteiger charge is -2.11. The van der Waals surface area contributed by atoms with E-state index in [-0.39, 0.29) is 12.2 Å². The highest BCUT2D eigenvalue weighted by molar-refractivity contribution is 5.91. The van der Waals surface area contributed by atoms with Crippen molar-refractivity contribution in [3.63, 3.8) is 0 Å². The zero-order valence-electron chi connectivity index (χ0n) is 11.2. The first-order chi connectivity index (χ1) is 8.49. The molecule has 0 aliphatic rings. The number of hydrogen-bond acceptors (Lipinski definition) is 6. The van der Waals surface area contributed by atoms with Crippen LogP contribution < -0.4 is 0 Å². The molecule has 0 saturated carbocycles. The summed E-state index contributed by atoms with van der Waals surface area (Å²) >= 11 is 0. The summed E-state index contributed by atoms with van der Waals surface area (Å²) in [7, 11) is 3.02. The fourth-order valence-electron chi connectivity index (χ4n) is 1.15. The van der Waals surface area contributed by atoms with Crippen LogP contribution in [0.1, 0.15) is 13.8 Å². The lowest BCUT2D eigenvalue weighted by molar-refractivity contribution is -0.147. The summed E-state index contributed by atoms with van der Waals surface area (Å²) < 4.78 is 19.4. The van der Waals surface area contributed by atoms with Crippen LogP contribution >= 0.6 is 0 Å². The van der Waals surface area contributed by atoms with Crippen molar-refractivity contribution in [3.8, 4) is 0 Å². The molecule has 104 valence electrons. The van der Waals surface area contributed by atoms with Crippen LogP contribution in [-0.4, -0.2) is 51.6 Å². The van der Waals surface area contributed by atoms with Crippen LogP contribution in [0.5, 0.6) is 0 Å². The summed E-state index contributed by atoms with van der Waals surface area (Å²) in [6, 6.07) is 0. The Morgan fingerprint density at radius 2 is 1.22 bits per heavy atom. The van der Waals surface area contributed by atoms with E-state index < -0.39 is 11.9 Å². The summed E-state index contributed by atoms with van der Waals surface area (Å²) in [5, 5.41) is 0. The van der Waals surface area contributed by atoms with E-state index in [0.717, 1.165) is 12.2 Å². The van der Waals surface area contributed by atoms with Gasteiger partial charge in [-0.2, -0.15) is 0 Å². The average Bonchev–Trinajstić information content (AvgIpc) is 2.27. The molecule has 0 spiro atoms. The molecule has 6 heteroatoms. The van der Waals surface area contributed by atoms with Gasteiger partial charge >= 0.3 is 11.9 Å². The average molecular weight is 260 g/mol. The van der Waals surface area contributed by atoms with Gasteiger partial charge in [0, 0.05) is 26.4 Å². The van der Waals surface area contributed by atoms with Gasteiger partial charge in [-0.1, -0.05) is 0 Å². The van der Waals surface area contributed by atoms with Gasteiger partial charge in [0.2, 0.25) is 0 Å². The zero-order valence-corrected chi connectivity index (χ0v) is 11.2. The normalized spacial score (nSPS) is 14.2. The van der Waals surface area contributed by atoms with E-state index in [1.54, 1.807) is 13.8 Å². The van der Waals surface area contributed by atoms with Crippen LogP contribution in [0.15, 0.2) is 12.2 Å². The van der Waals surface area contributed by atoms with Crippen molar-refractivity contribution in [3.05, 3.63) is 12.2 Å². The van der Waals surface area contributed by atoms with Gasteiger partial charge in [0.15, 0.2) is 0 Å². The Bertz CT molecular complexity index is 258. The fourth-order valence-corrected chi connectivity index (χ4v) is 1.15. The molecule has 0 aromatic rings. The van der Waals surface area contributed by atoms with Gasteiger partial charge in [-0.25, -0.2) is 9.59 Å². The van der Waals surface area contributed by atoms with Crippen molar-refractivity contribution in [2.75, 3.05) is 27.4 Å². The minimum Gasteiger partial charge on any atom is -0.457 e. The molecule has 18 heavy (non-hydrogen) atoms. The third kappa shape index (κ3) is 8.72. The van der Waals surface area contributed by atoms with Crippen LogP contribution in [0.25, 0.3) is 0 Å². The highest BCUT2D eigenvalue weighted by atomic mass is 16.6. The molecular formula is C12H20O6. The van der Waals surface area contributed by atoms with Gasteiger partial charge in [0.1, 0.15) is 12.2 Å². The van der Waals surface area contributed by atoms with E-state index in [2.05, 4.69) is 0 Å². The third-order valence-corrected chi connectivity index (χ3v) is 1.79. The summed E-state index contributed by atoms with van der Waals surface area (Å²) in [4.78, 5) is 22.5. The van der Waals surface area contributed by atoms with Gasteiger partial charge < -0.3 is 18.9 Å². The summed E-state index contributed by atoms with van der Waals surface area (Å²) in [5.41, 5.74) is 0. The van der Waals surface area contributed by atoms with Crippen molar-refractivity contribution in [2.45, 2.75) is 26.1 Å². The highest BCUT2D eigenvalue weighted by Crippen LogP contribution is 1.96. The predicted molar refractivity (Wildman–Crippen MR) is 64.0 cm³/mol. The summed E-state index contributed by atoms with van der Waals surface area (Å²) in [6.07, 6.45) is 1.31. The Balaban J connectivity index is 3.98. The summed E-state index contributed by atoms with van der Waals surface area (Å²) in [6.45, 7) is 3.98. The number of rotatable bonds is 8. The third-order valence-electron chi connectivity index (χ3n) is 1.79. The smallest absolute Gasteiger partial charge is 0.331 e. The van der Waals surface area contributed by atoms with Crippen molar-refractivity contribution in [2.24, 2.45) is 0 Å². The number of ether oxygens (including phenoxy) is 4. The number of methoxy groups -OCH3 is 2. The standard InChI is InChI=1S/C12H20O6/c1-9(7-15-3)17-11(13)5-6-12(14)18-10(2)8-16-4/h5-6,9-10H,7-8H2,1-4H3/b6-5+. The van der Waals surface area contributed by atoms with E-state index in [0.29, 0.717) is 13.2 Å². The molecule has 0 saturated heterocycles. The molecule has 0 heterocycles. The molecule has 0 aliphatic carbocycles. The number of hydrogen-bond donors (Lipinski definition) is 0. The molecule has 0 amide bonds. The number of esters is 2. The van der Waals surface area contributed by atoms with Crippen molar-refractivity contribution in [1.29, 1.82) is 0 Å². The summed E-state index contributed by atoms with van der Waals surface area (Å²) in [5.74, 6) is -1.23. The number of carbonyl (C=O) groups excluding carboxylic acids is 2. The van der Waals surface area contributed by atoms with Gasteiger partial charge in [-0.15, -0.1) is 0 Å². The second kappa shape index (κ2) is 9.61. The van der Waals surface area contributed by atoms with Gasteiger partial charge in [0.25, 0.3) is 0 Å². The largest absolute Gasteiger partial charge is 0.457 e. The van der Waals surface area contributed by atoms with Crippen molar-refractivity contribution in [1.82, 2.24) is 0 Å².